The Morgan fingerprint density at radius 1 is 1.35 bits per heavy atom. The Bertz CT molecular complexity index is 618. The number of nitrogens with one attached hydrogen (secondary N) is 1. The second-order valence-electron chi connectivity index (χ2n) is 5.54. The van der Waals surface area contributed by atoms with E-state index in [1.165, 1.54) is 0 Å². The summed E-state index contributed by atoms with van der Waals surface area (Å²) in [6.07, 6.45) is 8.44. The highest BCUT2D eigenvalue weighted by atomic mass is 35.5. The summed E-state index contributed by atoms with van der Waals surface area (Å²) >= 11 is 0. The van der Waals surface area contributed by atoms with Crippen molar-refractivity contribution in [1.82, 2.24) is 9.55 Å². The van der Waals surface area contributed by atoms with Crippen LogP contribution in [0.15, 0.2) is 43.0 Å². The number of hydrogen-bond donors (Lipinski definition) is 2. The van der Waals surface area contributed by atoms with Crippen molar-refractivity contribution in [2.75, 3.05) is 11.9 Å². The van der Waals surface area contributed by atoms with E-state index in [9.17, 15) is 4.79 Å². The number of carbonyl (C=O) groups is 1. The van der Waals surface area contributed by atoms with Crippen molar-refractivity contribution in [1.29, 1.82) is 0 Å². The molecule has 126 valence electrons. The Hall–Kier alpha value is -1.56. The van der Waals surface area contributed by atoms with Crippen molar-refractivity contribution in [2.24, 2.45) is 17.6 Å². The topological polar surface area (TPSA) is 72.9 Å². The molecule has 1 aliphatic carbocycles. The quantitative estimate of drug-likeness (QED) is 0.883. The zero-order valence-corrected chi connectivity index (χ0v) is 14.4. The summed E-state index contributed by atoms with van der Waals surface area (Å²) in [5.74, 6) is 0.458. The van der Waals surface area contributed by atoms with Crippen molar-refractivity contribution in [2.45, 2.75) is 19.3 Å². The average molecular weight is 357 g/mol. The molecule has 3 N–H and O–H groups in total. The first kappa shape index (κ1) is 19.5. The number of imidazole rings is 1. The van der Waals surface area contributed by atoms with Gasteiger partial charge in [0.1, 0.15) is 0 Å². The summed E-state index contributed by atoms with van der Waals surface area (Å²) in [5.41, 5.74) is 7.55. The maximum absolute atomic E-state index is 12.4. The number of nitrogens with two attached hydrogens (primary N) is 1. The summed E-state index contributed by atoms with van der Waals surface area (Å²) in [4.78, 5) is 16.4. The van der Waals surface area contributed by atoms with Gasteiger partial charge in [0.15, 0.2) is 0 Å². The molecule has 0 bridgehead atoms. The number of halogens is 2. The molecule has 1 heterocycles. The summed E-state index contributed by atoms with van der Waals surface area (Å²) < 4.78 is 1.91. The largest absolute Gasteiger partial charge is 0.330 e. The maximum Gasteiger partial charge on any atom is 0.227 e. The third kappa shape index (κ3) is 4.47. The van der Waals surface area contributed by atoms with Crippen LogP contribution in [0, 0.1) is 11.8 Å². The van der Waals surface area contributed by atoms with Gasteiger partial charge in [-0.1, -0.05) is 12.5 Å². The Morgan fingerprint density at radius 2 is 2.17 bits per heavy atom. The highest BCUT2D eigenvalue weighted by molar-refractivity contribution is 5.93. The zero-order valence-electron chi connectivity index (χ0n) is 12.7. The third-order valence-electron chi connectivity index (χ3n) is 4.21. The van der Waals surface area contributed by atoms with E-state index >= 15 is 0 Å². The van der Waals surface area contributed by atoms with Crippen LogP contribution in [0.4, 0.5) is 5.69 Å². The van der Waals surface area contributed by atoms with Crippen LogP contribution in [0.2, 0.25) is 0 Å². The Labute approximate surface area is 148 Å². The lowest BCUT2D eigenvalue weighted by Crippen LogP contribution is -2.29. The Kier molecular flexibility index (Phi) is 7.55. The lowest BCUT2D eigenvalue weighted by molar-refractivity contribution is -0.120. The molecule has 0 unspecified atom stereocenters. The fourth-order valence-corrected chi connectivity index (χ4v) is 3.06. The van der Waals surface area contributed by atoms with Gasteiger partial charge in [-0.15, -0.1) is 24.8 Å². The zero-order chi connectivity index (χ0) is 14.7. The van der Waals surface area contributed by atoms with E-state index in [1.807, 2.05) is 35.0 Å². The van der Waals surface area contributed by atoms with Crippen LogP contribution in [0.3, 0.4) is 0 Å². The smallest absolute Gasteiger partial charge is 0.227 e. The molecule has 1 amide bonds. The number of benzene rings is 1. The minimum absolute atomic E-state index is 0. The molecule has 1 aliphatic rings. The van der Waals surface area contributed by atoms with E-state index < -0.39 is 0 Å². The second-order valence-corrected chi connectivity index (χ2v) is 5.54. The van der Waals surface area contributed by atoms with Crippen LogP contribution in [-0.4, -0.2) is 22.0 Å². The first-order valence-electron chi connectivity index (χ1n) is 7.37. The molecular weight excluding hydrogens is 335 g/mol. The molecule has 7 heteroatoms. The molecular formula is C16H22Cl2N4O. The number of anilines is 1. The first-order chi connectivity index (χ1) is 10.3. The SMILES string of the molecule is Cl.Cl.NC[C@H]1CCC[C@H]1C(=O)Nc1cccc(-n2ccnc2)c1. The van der Waals surface area contributed by atoms with Crippen molar-refractivity contribution in [3.8, 4) is 5.69 Å². The van der Waals surface area contributed by atoms with Crippen molar-refractivity contribution in [3.63, 3.8) is 0 Å². The van der Waals surface area contributed by atoms with Crippen LogP contribution >= 0.6 is 24.8 Å². The van der Waals surface area contributed by atoms with E-state index in [1.54, 1.807) is 12.5 Å². The van der Waals surface area contributed by atoms with Crippen LogP contribution < -0.4 is 11.1 Å². The normalized spacial score (nSPS) is 19.5. The minimum atomic E-state index is 0. The van der Waals surface area contributed by atoms with Crippen LogP contribution in [0.25, 0.3) is 5.69 Å². The number of amides is 1. The van der Waals surface area contributed by atoms with Gasteiger partial charge in [0.25, 0.3) is 0 Å². The highest BCUT2D eigenvalue weighted by Crippen LogP contribution is 2.32. The molecule has 1 aromatic carbocycles. The molecule has 0 aliphatic heterocycles. The highest BCUT2D eigenvalue weighted by Gasteiger charge is 2.31. The van der Waals surface area contributed by atoms with E-state index in [4.69, 9.17) is 5.73 Å². The number of rotatable bonds is 4. The van der Waals surface area contributed by atoms with Crippen LogP contribution in [-0.2, 0) is 4.79 Å². The van der Waals surface area contributed by atoms with Crippen LogP contribution in [0.1, 0.15) is 19.3 Å². The summed E-state index contributed by atoms with van der Waals surface area (Å²) in [6, 6.07) is 7.77. The fourth-order valence-electron chi connectivity index (χ4n) is 3.06. The van der Waals surface area contributed by atoms with E-state index in [0.29, 0.717) is 12.5 Å². The van der Waals surface area contributed by atoms with Crippen molar-refractivity contribution >= 4 is 36.4 Å². The van der Waals surface area contributed by atoms with E-state index in [-0.39, 0.29) is 36.6 Å². The molecule has 2 aromatic rings. The predicted octanol–water partition coefficient (Wildman–Crippen LogP) is 3.03. The van der Waals surface area contributed by atoms with Gasteiger partial charge in [0, 0.05) is 29.7 Å². The van der Waals surface area contributed by atoms with Gasteiger partial charge in [-0.2, -0.15) is 0 Å². The lowest BCUT2D eigenvalue weighted by Gasteiger charge is -2.17. The summed E-state index contributed by atoms with van der Waals surface area (Å²) in [6.45, 7) is 0.590. The lowest BCUT2D eigenvalue weighted by atomic mass is 9.95. The molecule has 1 fully saturated rings. The van der Waals surface area contributed by atoms with Crippen molar-refractivity contribution < 1.29 is 4.79 Å². The minimum Gasteiger partial charge on any atom is -0.330 e. The van der Waals surface area contributed by atoms with E-state index in [2.05, 4.69) is 10.3 Å². The van der Waals surface area contributed by atoms with Gasteiger partial charge < -0.3 is 15.6 Å². The van der Waals surface area contributed by atoms with Gasteiger partial charge in [-0.05, 0) is 43.5 Å². The van der Waals surface area contributed by atoms with Crippen molar-refractivity contribution in [3.05, 3.63) is 43.0 Å². The summed E-state index contributed by atoms with van der Waals surface area (Å²) in [5, 5.41) is 3.02. The number of hydrogen-bond acceptors (Lipinski definition) is 3. The molecule has 23 heavy (non-hydrogen) atoms. The Balaban J connectivity index is 0.00000132. The molecule has 1 aromatic heterocycles. The molecule has 5 nitrogen and oxygen atoms in total. The number of carbonyl (C=O) groups excluding carboxylic acids is 1. The molecule has 0 radical (unpaired) electrons. The van der Waals surface area contributed by atoms with Crippen LogP contribution in [0.5, 0.6) is 0 Å². The third-order valence-corrected chi connectivity index (χ3v) is 4.21. The summed E-state index contributed by atoms with van der Waals surface area (Å²) in [7, 11) is 0. The molecule has 0 saturated heterocycles. The molecule has 2 atom stereocenters. The number of nitrogens with zero attached hydrogens (tertiary/aromatic N) is 2. The van der Waals surface area contributed by atoms with Gasteiger partial charge in [-0.25, -0.2) is 4.98 Å². The van der Waals surface area contributed by atoms with Gasteiger partial charge in [-0.3, -0.25) is 4.79 Å². The average Bonchev–Trinajstić information content (AvgIpc) is 3.18. The Morgan fingerprint density at radius 3 is 2.87 bits per heavy atom. The second kappa shape index (κ2) is 8.91. The standard InChI is InChI=1S/C16H20N4O.2ClH/c17-10-12-3-1-6-15(12)16(21)19-13-4-2-5-14(9-13)20-8-7-18-11-20;;/h2,4-5,7-9,11-12,15H,1,3,6,10,17H2,(H,19,21);2*1H/t12-,15-;;/m1../s1. The van der Waals surface area contributed by atoms with Gasteiger partial charge in [0.05, 0.1) is 6.33 Å². The maximum atomic E-state index is 12.4. The fraction of sp³-hybridized carbons (Fsp3) is 0.375. The monoisotopic (exact) mass is 356 g/mol. The predicted molar refractivity (Wildman–Crippen MR) is 96.6 cm³/mol. The van der Waals surface area contributed by atoms with Gasteiger partial charge >= 0.3 is 0 Å². The molecule has 3 rings (SSSR count). The first-order valence-corrected chi connectivity index (χ1v) is 7.37. The number of aromatic nitrogens is 2. The molecule has 1 saturated carbocycles. The van der Waals surface area contributed by atoms with Gasteiger partial charge in [0.2, 0.25) is 5.91 Å². The molecule has 0 spiro atoms. The van der Waals surface area contributed by atoms with E-state index in [0.717, 1.165) is 30.6 Å².